The fraction of sp³-hybridized carbons (Fsp3) is 0.857. The molecule has 0 spiro atoms. The molecule has 2 N–H and O–H groups in total. The number of rotatable bonds is 8. The molecule has 2 amide bonds. The number of hydrogen-bond donors (Lipinski definition) is 2. The molecule has 0 aromatic heterocycles. The van der Waals surface area contributed by atoms with E-state index in [9.17, 15) is 9.59 Å². The van der Waals surface area contributed by atoms with Crippen molar-refractivity contribution in [3.8, 4) is 0 Å². The fourth-order valence-electron chi connectivity index (χ4n) is 2.15. The van der Waals surface area contributed by atoms with Crippen molar-refractivity contribution in [1.29, 1.82) is 0 Å². The van der Waals surface area contributed by atoms with Gasteiger partial charge in [-0.25, -0.2) is 0 Å². The van der Waals surface area contributed by atoms with Crippen molar-refractivity contribution in [2.24, 2.45) is 5.41 Å². The van der Waals surface area contributed by atoms with E-state index in [0.29, 0.717) is 6.61 Å². The highest BCUT2D eigenvalue weighted by molar-refractivity contribution is 6.57. The second-order valence-corrected chi connectivity index (χ2v) is 6.41. The first-order valence-corrected chi connectivity index (χ1v) is 7.19. The molecule has 0 aromatic carbocycles. The van der Waals surface area contributed by atoms with Crippen LogP contribution in [0, 0.1) is 5.41 Å². The standard InChI is InChI=1S/C14H29BN2O3/c1-7-20-14(5,6)13(3,4)8-10(2)17-11(18)9-16-12(15)19/h10H,7-9,15H2,1-6H3,(H,16,19)(H,17,18). The molecule has 0 fully saturated rings. The minimum atomic E-state index is -0.266. The van der Waals surface area contributed by atoms with Crippen molar-refractivity contribution >= 4 is 19.6 Å². The molecular weight excluding hydrogens is 255 g/mol. The minimum Gasteiger partial charge on any atom is -0.375 e. The summed E-state index contributed by atoms with van der Waals surface area (Å²) in [5.74, 6) is -0.372. The van der Waals surface area contributed by atoms with Crippen LogP contribution in [0.1, 0.15) is 48.0 Å². The summed E-state index contributed by atoms with van der Waals surface area (Å²) in [4.78, 5) is 22.4. The zero-order valence-corrected chi connectivity index (χ0v) is 13.9. The van der Waals surface area contributed by atoms with E-state index in [1.807, 2.05) is 13.8 Å². The summed E-state index contributed by atoms with van der Waals surface area (Å²) in [5.41, 5.74) is -0.345. The Morgan fingerprint density at radius 2 is 1.80 bits per heavy atom. The summed E-state index contributed by atoms with van der Waals surface area (Å²) >= 11 is 0. The maximum atomic E-state index is 11.7. The summed E-state index contributed by atoms with van der Waals surface area (Å²) in [5, 5.41) is 5.38. The summed E-state index contributed by atoms with van der Waals surface area (Å²) in [6.07, 6.45) is 0.797. The van der Waals surface area contributed by atoms with Gasteiger partial charge in [-0.1, -0.05) is 13.8 Å². The Morgan fingerprint density at radius 3 is 2.25 bits per heavy atom. The van der Waals surface area contributed by atoms with Gasteiger partial charge >= 0.3 is 0 Å². The molecule has 0 saturated heterocycles. The van der Waals surface area contributed by atoms with Crippen LogP contribution in [0.2, 0.25) is 0 Å². The molecule has 0 saturated carbocycles. The average molecular weight is 284 g/mol. The predicted molar refractivity (Wildman–Crippen MR) is 83.7 cm³/mol. The smallest absolute Gasteiger partial charge is 0.239 e. The molecular formula is C14H29BN2O3. The van der Waals surface area contributed by atoms with Crippen molar-refractivity contribution < 1.29 is 14.3 Å². The summed E-state index contributed by atoms with van der Waals surface area (Å²) in [6, 6.07) is 0.0194. The van der Waals surface area contributed by atoms with Gasteiger partial charge in [0.15, 0.2) is 5.81 Å². The normalized spacial score (nSPS) is 13.7. The third kappa shape index (κ3) is 6.41. The van der Waals surface area contributed by atoms with Crippen molar-refractivity contribution in [3.05, 3.63) is 0 Å². The Balaban J connectivity index is 4.40. The fourth-order valence-corrected chi connectivity index (χ4v) is 2.15. The van der Waals surface area contributed by atoms with E-state index in [1.165, 1.54) is 7.85 Å². The maximum absolute atomic E-state index is 11.7. The van der Waals surface area contributed by atoms with Crippen LogP contribution in [0.4, 0.5) is 4.79 Å². The molecule has 0 aliphatic carbocycles. The van der Waals surface area contributed by atoms with Gasteiger partial charge in [-0.05, 0) is 39.5 Å². The van der Waals surface area contributed by atoms with Crippen LogP contribution in [-0.4, -0.2) is 44.4 Å². The lowest BCUT2D eigenvalue weighted by Crippen LogP contribution is -2.47. The van der Waals surface area contributed by atoms with Crippen LogP contribution in [0.3, 0.4) is 0 Å². The largest absolute Gasteiger partial charge is 0.375 e. The summed E-state index contributed by atoms with van der Waals surface area (Å²) in [7, 11) is 1.39. The van der Waals surface area contributed by atoms with Gasteiger partial charge in [0.2, 0.25) is 13.8 Å². The SMILES string of the molecule is BC(=O)NCC(=O)NC(C)CC(C)(C)C(C)(C)OCC. The molecule has 0 heterocycles. The third-order valence-corrected chi connectivity index (χ3v) is 3.86. The number of carbonyl (C=O) groups is 2. The predicted octanol–water partition coefficient (Wildman–Crippen LogP) is 1.07. The number of hydrogen-bond acceptors (Lipinski definition) is 3. The van der Waals surface area contributed by atoms with Crippen molar-refractivity contribution in [2.45, 2.75) is 59.6 Å². The van der Waals surface area contributed by atoms with Crippen LogP contribution in [-0.2, 0) is 9.53 Å². The molecule has 0 aliphatic heterocycles. The Morgan fingerprint density at radius 1 is 1.25 bits per heavy atom. The lowest BCUT2D eigenvalue weighted by atomic mass is 9.73. The number of carbonyl (C=O) groups excluding carboxylic acids is 2. The van der Waals surface area contributed by atoms with E-state index >= 15 is 0 Å². The Labute approximate surface area is 123 Å². The molecule has 0 rings (SSSR count). The second kappa shape index (κ2) is 7.67. The maximum Gasteiger partial charge on any atom is 0.239 e. The molecule has 20 heavy (non-hydrogen) atoms. The quantitative estimate of drug-likeness (QED) is 0.655. The minimum absolute atomic E-state index is 0.0194. The highest BCUT2D eigenvalue weighted by Gasteiger charge is 2.38. The van der Waals surface area contributed by atoms with Crippen molar-refractivity contribution in [2.75, 3.05) is 13.2 Å². The van der Waals surface area contributed by atoms with Gasteiger partial charge in [-0.3, -0.25) is 9.59 Å². The highest BCUT2D eigenvalue weighted by Crippen LogP contribution is 2.37. The van der Waals surface area contributed by atoms with Gasteiger partial charge in [-0.15, -0.1) is 0 Å². The lowest BCUT2D eigenvalue weighted by Gasteiger charge is -2.42. The highest BCUT2D eigenvalue weighted by atomic mass is 16.5. The Bertz CT molecular complexity index is 343. The molecule has 0 radical (unpaired) electrons. The first-order valence-electron chi connectivity index (χ1n) is 7.19. The Hall–Kier alpha value is -1.04. The van der Waals surface area contributed by atoms with Crippen molar-refractivity contribution in [3.63, 3.8) is 0 Å². The number of amides is 2. The van der Waals surface area contributed by atoms with Crippen LogP contribution in [0.25, 0.3) is 0 Å². The molecule has 1 atom stereocenters. The van der Waals surface area contributed by atoms with E-state index in [2.05, 4.69) is 38.3 Å². The third-order valence-electron chi connectivity index (χ3n) is 3.86. The zero-order valence-electron chi connectivity index (χ0n) is 13.9. The molecule has 0 aliphatic rings. The van der Waals surface area contributed by atoms with Crippen LogP contribution >= 0.6 is 0 Å². The van der Waals surface area contributed by atoms with Gasteiger partial charge in [0, 0.05) is 12.6 Å². The number of ether oxygens (including phenoxy) is 1. The van der Waals surface area contributed by atoms with Gasteiger partial charge in [0.25, 0.3) is 0 Å². The van der Waals surface area contributed by atoms with E-state index in [-0.39, 0.29) is 35.3 Å². The van der Waals surface area contributed by atoms with Gasteiger partial charge in [0.1, 0.15) is 0 Å². The van der Waals surface area contributed by atoms with Gasteiger partial charge < -0.3 is 15.4 Å². The molecule has 1 unspecified atom stereocenters. The second-order valence-electron chi connectivity index (χ2n) is 6.41. The van der Waals surface area contributed by atoms with E-state index in [1.54, 1.807) is 0 Å². The van der Waals surface area contributed by atoms with Gasteiger partial charge in [-0.2, -0.15) is 0 Å². The monoisotopic (exact) mass is 284 g/mol. The molecule has 116 valence electrons. The molecule has 0 aromatic rings. The summed E-state index contributed by atoms with van der Waals surface area (Å²) < 4.78 is 5.81. The van der Waals surface area contributed by atoms with Crippen LogP contribution in [0.15, 0.2) is 0 Å². The summed E-state index contributed by atoms with van der Waals surface area (Å²) in [6.45, 7) is 13.1. The number of nitrogens with one attached hydrogen (secondary N) is 2. The lowest BCUT2D eigenvalue weighted by molar-refractivity contribution is -0.122. The topological polar surface area (TPSA) is 67.4 Å². The molecule has 5 nitrogen and oxygen atoms in total. The average Bonchev–Trinajstić information content (AvgIpc) is 2.24. The molecule has 6 heteroatoms. The van der Waals surface area contributed by atoms with Crippen molar-refractivity contribution in [1.82, 2.24) is 10.6 Å². The molecule has 0 bridgehead atoms. The Kier molecular flexibility index (Phi) is 7.27. The first kappa shape index (κ1) is 19.0. The van der Waals surface area contributed by atoms with Gasteiger partial charge in [0.05, 0.1) is 12.1 Å². The van der Waals surface area contributed by atoms with E-state index in [4.69, 9.17) is 4.74 Å². The van der Waals surface area contributed by atoms with E-state index < -0.39 is 0 Å². The van der Waals surface area contributed by atoms with Crippen LogP contribution in [0.5, 0.6) is 0 Å². The van der Waals surface area contributed by atoms with E-state index in [0.717, 1.165) is 6.42 Å². The van der Waals surface area contributed by atoms with Crippen LogP contribution < -0.4 is 10.6 Å². The zero-order chi connectivity index (χ0) is 16.0. The first-order chi connectivity index (χ1) is 9.01.